The van der Waals surface area contributed by atoms with E-state index in [0.29, 0.717) is 5.92 Å². The molecule has 1 aliphatic heterocycles. The summed E-state index contributed by atoms with van der Waals surface area (Å²) < 4.78 is 3.94. The smallest absolute Gasteiger partial charge is 0.177 e. The van der Waals surface area contributed by atoms with Crippen molar-refractivity contribution < 1.29 is 0 Å². The predicted octanol–water partition coefficient (Wildman–Crippen LogP) is 2.57. The Morgan fingerprint density at radius 1 is 1.03 bits per heavy atom. The Balaban J connectivity index is 1.28. The standard InChI is InChI=1S/C21H24N8/c1-16-13-23-28(15-16)12-11-27-9-6-17(7-10-27)21-25-24-20-5-4-19(26-29(20)21)18-3-2-8-22-14-18/h2-5,8,13-15,17H,6-7,9-12H2,1H3. The molecule has 0 aromatic carbocycles. The molecule has 5 rings (SSSR count). The van der Waals surface area contributed by atoms with E-state index in [2.05, 4.69) is 38.3 Å². The SMILES string of the molecule is Cc1cnn(CCN2CCC(c3nnc4ccc(-c5cccnc5)nn34)CC2)c1. The summed E-state index contributed by atoms with van der Waals surface area (Å²) in [6.45, 7) is 6.15. The first-order valence-electron chi connectivity index (χ1n) is 10.1. The number of rotatable bonds is 5. The van der Waals surface area contributed by atoms with Crippen molar-refractivity contribution >= 4 is 5.65 Å². The average molecular weight is 388 g/mol. The Labute approximate surface area is 169 Å². The number of aromatic nitrogens is 7. The third kappa shape index (κ3) is 3.75. The highest BCUT2D eigenvalue weighted by Crippen LogP contribution is 2.27. The van der Waals surface area contributed by atoms with Crippen molar-refractivity contribution in [2.45, 2.75) is 32.2 Å². The third-order valence-electron chi connectivity index (χ3n) is 5.60. The number of hydrogen-bond donors (Lipinski definition) is 0. The molecular weight excluding hydrogens is 364 g/mol. The van der Waals surface area contributed by atoms with Gasteiger partial charge in [0.2, 0.25) is 0 Å². The highest BCUT2D eigenvalue weighted by molar-refractivity contribution is 5.58. The summed E-state index contributed by atoms with van der Waals surface area (Å²) in [5, 5.41) is 18.0. The lowest BCUT2D eigenvalue weighted by Crippen LogP contribution is -2.35. The van der Waals surface area contributed by atoms with E-state index in [1.165, 1.54) is 5.56 Å². The van der Waals surface area contributed by atoms with Crippen LogP contribution in [0, 0.1) is 6.92 Å². The second-order valence-electron chi connectivity index (χ2n) is 7.69. The van der Waals surface area contributed by atoms with Gasteiger partial charge < -0.3 is 4.90 Å². The molecule has 4 aromatic heterocycles. The Kier molecular flexibility index (Phi) is 4.77. The zero-order chi connectivity index (χ0) is 19.6. The largest absolute Gasteiger partial charge is 0.301 e. The van der Waals surface area contributed by atoms with Crippen molar-refractivity contribution in [1.82, 2.24) is 39.5 Å². The first-order chi connectivity index (χ1) is 14.3. The van der Waals surface area contributed by atoms with Gasteiger partial charge in [-0.15, -0.1) is 10.2 Å². The van der Waals surface area contributed by atoms with Gasteiger partial charge >= 0.3 is 0 Å². The minimum Gasteiger partial charge on any atom is -0.301 e. The molecule has 0 aliphatic carbocycles. The fraction of sp³-hybridized carbons (Fsp3) is 0.381. The summed E-state index contributed by atoms with van der Waals surface area (Å²) in [7, 11) is 0. The van der Waals surface area contributed by atoms with Crippen LogP contribution in [0.1, 0.15) is 30.1 Å². The highest BCUT2D eigenvalue weighted by atomic mass is 15.4. The molecule has 0 radical (unpaired) electrons. The van der Waals surface area contributed by atoms with Crippen LogP contribution in [0.25, 0.3) is 16.9 Å². The Bertz CT molecular complexity index is 1090. The van der Waals surface area contributed by atoms with Gasteiger partial charge in [0.25, 0.3) is 0 Å². The molecule has 148 valence electrons. The maximum atomic E-state index is 4.80. The van der Waals surface area contributed by atoms with E-state index < -0.39 is 0 Å². The molecule has 5 heterocycles. The fourth-order valence-electron chi connectivity index (χ4n) is 3.98. The Hall–Kier alpha value is -3.13. The molecule has 1 aliphatic rings. The van der Waals surface area contributed by atoms with E-state index in [4.69, 9.17) is 5.10 Å². The van der Waals surface area contributed by atoms with E-state index in [-0.39, 0.29) is 0 Å². The highest BCUT2D eigenvalue weighted by Gasteiger charge is 2.25. The lowest BCUT2D eigenvalue weighted by atomic mass is 9.96. The summed E-state index contributed by atoms with van der Waals surface area (Å²) in [6, 6.07) is 7.90. The van der Waals surface area contributed by atoms with Crippen LogP contribution >= 0.6 is 0 Å². The topological polar surface area (TPSA) is 77.0 Å². The maximum Gasteiger partial charge on any atom is 0.177 e. The molecule has 4 aromatic rings. The van der Waals surface area contributed by atoms with Crippen LogP contribution in [-0.4, -0.2) is 59.1 Å². The van der Waals surface area contributed by atoms with Crippen LogP contribution in [0.3, 0.4) is 0 Å². The van der Waals surface area contributed by atoms with Crippen molar-refractivity contribution in [2.24, 2.45) is 0 Å². The summed E-state index contributed by atoms with van der Waals surface area (Å²) in [5.74, 6) is 1.35. The van der Waals surface area contributed by atoms with Gasteiger partial charge in [-0.3, -0.25) is 9.67 Å². The average Bonchev–Trinajstić information content (AvgIpc) is 3.39. The molecule has 1 saturated heterocycles. The Morgan fingerprint density at radius 3 is 2.69 bits per heavy atom. The van der Waals surface area contributed by atoms with E-state index in [1.807, 2.05) is 45.9 Å². The van der Waals surface area contributed by atoms with Crippen LogP contribution in [0.4, 0.5) is 0 Å². The summed E-state index contributed by atoms with van der Waals surface area (Å²) in [5.41, 5.74) is 3.89. The molecule has 0 spiro atoms. The third-order valence-corrected chi connectivity index (χ3v) is 5.60. The molecule has 0 bridgehead atoms. The van der Waals surface area contributed by atoms with Crippen molar-refractivity contribution in [2.75, 3.05) is 19.6 Å². The second-order valence-corrected chi connectivity index (χ2v) is 7.69. The van der Waals surface area contributed by atoms with Gasteiger partial charge in [-0.1, -0.05) is 0 Å². The normalized spacial score (nSPS) is 15.9. The lowest BCUT2D eigenvalue weighted by Gasteiger charge is -2.30. The van der Waals surface area contributed by atoms with Crippen LogP contribution in [0.5, 0.6) is 0 Å². The number of hydrogen-bond acceptors (Lipinski definition) is 6. The molecule has 8 nitrogen and oxygen atoms in total. The van der Waals surface area contributed by atoms with Gasteiger partial charge in [0.1, 0.15) is 0 Å². The van der Waals surface area contributed by atoms with E-state index in [1.54, 1.807) is 6.20 Å². The minimum absolute atomic E-state index is 0.379. The van der Waals surface area contributed by atoms with Crippen molar-refractivity contribution in [3.05, 3.63) is 60.4 Å². The van der Waals surface area contributed by atoms with Crippen molar-refractivity contribution in [1.29, 1.82) is 0 Å². The number of pyridine rings is 1. The molecule has 8 heteroatoms. The van der Waals surface area contributed by atoms with Crippen molar-refractivity contribution in [3.8, 4) is 11.3 Å². The molecule has 0 N–H and O–H groups in total. The molecule has 0 atom stereocenters. The minimum atomic E-state index is 0.379. The van der Waals surface area contributed by atoms with Crippen LogP contribution in [-0.2, 0) is 6.54 Å². The van der Waals surface area contributed by atoms with Crippen LogP contribution in [0.2, 0.25) is 0 Å². The number of likely N-dealkylation sites (tertiary alicyclic amines) is 1. The number of aryl methyl sites for hydroxylation is 1. The van der Waals surface area contributed by atoms with Crippen LogP contribution < -0.4 is 0 Å². The maximum absolute atomic E-state index is 4.80. The molecular formula is C21H24N8. The van der Waals surface area contributed by atoms with Gasteiger partial charge in [-0.05, 0) is 62.7 Å². The van der Waals surface area contributed by atoms with Gasteiger partial charge in [0, 0.05) is 36.6 Å². The zero-order valence-corrected chi connectivity index (χ0v) is 16.5. The Morgan fingerprint density at radius 2 is 1.93 bits per heavy atom. The van der Waals surface area contributed by atoms with Gasteiger partial charge in [-0.25, -0.2) is 0 Å². The van der Waals surface area contributed by atoms with E-state index in [9.17, 15) is 0 Å². The quantitative estimate of drug-likeness (QED) is 0.523. The van der Waals surface area contributed by atoms with Gasteiger partial charge in [-0.2, -0.15) is 14.7 Å². The van der Waals surface area contributed by atoms with E-state index >= 15 is 0 Å². The molecule has 29 heavy (non-hydrogen) atoms. The zero-order valence-electron chi connectivity index (χ0n) is 16.5. The first kappa shape index (κ1) is 17.9. The number of fused-ring (bicyclic) bond motifs is 1. The van der Waals surface area contributed by atoms with Crippen LogP contribution in [0.15, 0.2) is 49.1 Å². The molecule has 0 amide bonds. The molecule has 1 fully saturated rings. The van der Waals surface area contributed by atoms with E-state index in [0.717, 1.165) is 61.7 Å². The molecule has 0 saturated carbocycles. The monoisotopic (exact) mass is 388 g/mol. The second kappa shape index (κ2) is 7.71. The number of piperidine rings is 1. The lowest BCUT2D eigenvalue weighted by molar-refractivity contribution is 0.199. The molecule has 0 unspecified atom stereocenters. The first-order valence-corrected chi connectivity index (χ1v) is 10.1. The summed E-state index contributed by atoms with van der Waals surface area (Å²) in [6.07, 6.45) is 9.75. The summed E-state index contributed by atoms with van der Waals surface area (Å²) in [4.78, 5) is 6.70. The van der Waals surface area contributed by atoms with Gasteiger partial charge in [0.05, 0.1) is 18.4 Å². The van der Waals surface area contributed by atoms with Gasteiger partial charge in [0.15, 0.2) is 11.5 Å². The summed E-state index contributed by atoms with van der Waals surface area (Å²) >= 11 is 0. The fourth-order valence-corrected chi connectivity index (χ4v) is 3.98. The number of nitrogens with zero attached hydrogens (tertiary/aromatic N) is 8. The van der Waals surface area contributed by atoms with Crippen molar-refractivity contribution in [3.63, 3.8) is 0 Å². The predicted molar refractivity (Wildman–Crippen MR) is 109 cm³/mol.